The lowest BCUT2D eigenvalue weighted by molar-refractivity contribution is -0.384. The lowest BCUT2D eigenvalue weighted by atomic mass is 9.78. The molecule has 1 aliphatic heterocycles. The predicted molar refractivity (Wildman–Crippen MR) is 92.3 cm³/mol. The number of rotatable bonds is 4. The largest absolute Gasteiger partial charge is 0.550 e. The summed E-state index contributed by atoms with van der Waals surface area (Å²) in [5.41, 5.74) is 0.932. The molecule has 1 aliphatic carbocycles. The fourth-order valence-corrected chi connectivity index (χ4v) is 3.91. The molecular formula is C18H22N3O5-. The second-order valence-electron chi connectivity index (χ2n) is 6.90. The Morgan fingerprint density at radius 2 is 1.54 bits per heavy atom. The monoisotopic (exact) mass is 360 g/mol. The third-order valence-electron chi connectivity index (χ3n) is 5.40. The van der Waals surface area contributed by atoms with Crippen LogP contribution in [0.5, 0.6) is 0 Å². The van der Waals surface area contributed by atoms with Crippen LogP contribution >= 0.6 is 0 Å². The molecule has 1 saturated carbocycles. The van der Waals surface area contributed by atoms with Crippen LogP contribution in [0.15, 0.2) is 24.3 Å². The summed E-state index contributed by atoms with van der Waals surface area (Å²) in [6, 6.07) is 6.37. The van der Waals surface area contributed by atoms with Gasteiger partial charge in [-0.2, -0.15) is 0 Å². The zero-order chi connectivity index (χ0) is 18.7. The molecule has 0 aromatic heterocycles. The highest BCUT2D eigenvalue weighted by molar-refractivity contribution is 5.84. The number of carbonyl (C=O) groups excluding carboxylic acids is 2. The molecule has 8 heteroatoms. The molecule has 140 valence electrons. The Bertz CT molecular complexity index is 683. The van der Waals surface area contributed by atoms with Gasteiger partial charge in [-0.25, -0.2) is 0 Å². The third-order valence-corrected chi connectivity index (χ3v) is 5.40. The number of nitro benzene ring substituents is 1. The minimum Gasteiger partial charge on any atom is -0.550 e. The van der Waals surface area contributed by atoms with Crippen LogP contribution < -0.4 is 10.0 Å². The first-order chi connectivity index (χ1) is 12.5. The summed E-state index contributed by atoms with van der Waals surface area (Å²) in [5, 5.41) is 22.1. The first-order valence-electron chi connectivity index (χ1n) is 8.96. The molecule has 3 rings (SSSR count). The van der Waals surface area contributed by atoms with Gasteiger partial charge < -0.3 is 19.7 Å². The summed E-state index contributed by atoms with van der Waals surface area (Å²) in [5.74, 6) is -2.35. The van der Waals surface area contributed by atoms with Crippen molar-refractivity contribution in [3.8, 4) is 0 Å². The molecule has 0 radical (unpaired) electrons. The van der Waals surface area contributed by atoms with Crippen molar-refractivity contribution in [1.29, 1.82) is 0 Å². The van der Waals surface area contributed by atoms with Crippen molar-refractivity contribution in [1.82, 2.24) is 4.90 Å². The highest BCUT2D eigenvalue weighted by Gasteiger charge is 2.35. The van der Waals surface area contributed by atoms with Crippen molar-refractivity contribution in [2.45, 2.75) is 25.7 Å². The molecule has 2 aliphatic rings. The molecule has 0 bridgehead atoms. The van der Waals surface area contributed by atoms with Crippen molar-refractivity contribution < 1.29 is 19.6 Å². The van der Waals surface area contributed by atoms with Crippen molar-refractivity contribution in [2.75, 3.05) is 31.1 Å². The van der Waals surface area contributed by atoms with Crippen molar-refractivity contribution in [2.24, 2.45) is 11.8 Å². The Morgan fingerprint density at radius 1 is 0.962 bits per heavy atom. The Kier molecular flexibility index (Phi) is 5.39. The van der Waals surface area contributed by atoms with Crippen molar-refractivity contribution in [3.05, 3.63) is 34.4 Å². The van der Waals surface area contributed by atoms with Crippen molar-refractivity contribution >= 4 is 23.3 Å². The van der Waals surface area contributed by atoms with E-state index >= 15 is 0 Å². The second kappa shape index (κ2) is 7.72. The Balaban J connectivity index is 1.59. The highest BCUT2D eigenvalue weighted by atomic mass is 16.6. The number of benzene rings is 1. The number of aliphatic carboxylic acids is 1. The van der Waals surface area contributed by atoms with Crippen LogP contribution in [0.1, 0.15) is 25.7 Å². The number of anilines is 1. The lowest BCUT2D eigenvalue weighted by Gasteiger charge is -2.40. The molecule has 0 spiro atoms. The van der Waals surface area contributed by atoms with Crippen LogP contribution in [0.25, 0.3) is 0 Å². The maximum Gasteiger partial charge on any atom is 0.269 e. The van der Waals surface area contributed by atoms with E-state index in [0.717, 1.165) is 18.5 Å². The number of non-ortho nitro benzene ring substituents is 1. The van der Waals surface area contributed by atoms with E-state index in [1.807, 2.05) is 0 Å². The van der Waals surface area contributed by atoms with Gasteiger partial charge in [0.2, 0.25) is 5.91 Å². The highest BCUT2D eigenvalue weighted by Crippen LogP contribution is 2.31. The second-order valence-corrected chi connectivity index (χ2v) is 6.90. The SMILES string of the molecule is O=C([O-])[C@H]1CCCC[C@H]1C(=O)N1CCN(c2ccc([N+](=O)[O-])cc2)CC1. The minimum absolute atomic E-state index is 0.0492. The van der Waals surface area contributed by atoms with Gasteiger partial charge in [0.15, 0.2) is 0 Å². The number of amides is 1. The number of piperazine rings is 1. The Labute approximate surface area is 151 Å². The number of carboxylic acid groups (broad SMARTS) is 1. The van der Waals surface area contributed by atoms with E-state index in [9.17, 15) is 24.8 Å². The summed E-state index contributed by atoms with van der Waals surface area (Å²) < 4.78 is 0. The van der Waals surface area contributed by atoms with Crippen LogP contribution in [0.4, 0.5) is 11.4 Å². The number of hydrogen-bond donors (Lipinski definition) is 0. The number of nitrogens with zero attached hydrogens (tertiary/aromatic N) is 3. The number of hydrogen-bond acceptors (Lipinski definition) is 6. The van der Waals surface area contributed by atoms with Crippen LogP contribution in [-0.4, -0.2) is 47.9 Å². The molecular weight excluding hydrogens is 338 g/mol. The van der Waals surface area contributed by atoms with Gasteiger partial charge in [0.25, 0.3) is 5.69 Å². The summed E-state index contributed by atoms with van der Waals surface area (Å²) in [6.07, 6.45) is 2.83. The molecule has 26 heavy (non-hydrogen) atoms. The van der Waals surface area contributed by atoms with Gasteiger partial charge in [-0.1, -0.05) is 12.8 Å². The molecule has 0 unspecified atom stereocenters. The minimum atomic E-state index is -1.12. The summed E-state index contributed by atoms with van der Waals surface area (Å²) >= 11 is 0. The molecule has 1 aromatic rings. The molecule has 2 atom stereocenters. The number of nitro groups is 1. The predicted octanol–water partition coefficient (Wildman–Crippen LogP) is 0.800. The van der Waals surface area contributed by atoms with Gasteiger partial charge in [0, 0.05) is 61.8 Å². The molecule has 1 saturated heterocycles. The van der Waals surface area contributed by atoms with Gasteiger partial charge in [-0.15, -0.1) is 0 Å². The van der Waals surface area contributed by atoms with Gasteiger partial charge >= 0.3 is 0 Å². The van der Waals surface area contributed by atoms with Crippen LogP contribution in [0, 0.1) is 22.0 Å². The molecule has 8 nitrogen and oxygen atoms in total. The molecule has 0 N–H and O–H groups in total. The number of carbonyl (C=O) groups is 2. The summed E-state index contributed by atoms with van der Waals surface area (Å²) in [6.45, 7) is 2.27. The van der Waals surface area contributed by atoms with E-state index in [2.05, 4.69) is 4.90 Å². The molecule has 1 heterocycles. The lowest BCUT2D eigenvalue weighted by Crippen LogP contribution is -2.53. The first kappa shape index (κ1) is 18.2. The summed E-state index contributed by atoms with van der Waals surface area (Å²) in [7, 11) is 0. The Morgan fingerprint density at radius 3 is 2.08 bits per heavy atom. The van der Waals surface area contributed by atoms with E-state index in [4.69, 9.17) is 0 Å². The molecule has 1 amide bonds. The normalized spacial score (nSPS) is 23.5. The average molecular weight is 360 g/mol. The van der Waals surface area contributed by atoms with E-state index < -0.39 is 22.7 Å². The maximum absolute atomic E-state index is 12.8. The average Bonchev–Trinajstić information content (AvgIpc) is 2.67. The fraction of sp³-hybridized carbons (Fsp3) is 0.556. The van der Waals surface area contributed by atoms with E-state index in [1.54, 1.807) is 17.0 Å². The molecule has 1 aromatic carbocycles. The van der Waals surface area contributed by atoms with Crippen LogP contribution in [0.3, 0.4) is 0 Å². The van der Waals surface area contributed by atoms with E-state index in [0.29, 0.717) is 39.0 Å². The number of carboxylic acids is 1. The summed E-state index contributed by atoms with van der Waals surface area (Å²) in [4.78, 5) is 38.2. The zero-order valence-electron chi connectivity index (χ0n) is 14.5. The van der Waals surface area contributed by atoms with Gasteiger partial charge in [-0.3, -0.25) is 14.9 Å². The van der Waals surface area contributed by atoms with E-state index in [1.165, 1.54) is 12.1 Å². The maximum atomic E-state index is 12.8. The third kappa shape index (κ3) is 3.79. The van der Waals surface area contributed by atoms with Gasteiger partial charge in [-0.05, 0) is 25.0 Å². The Hall–Kier alpha value is -2.64. The zero-order valence-corrected chi connectivity index (χ0v) is 14.5. The smallest absolute Gasteiger partial charge is 0.269 e. The van der Waals surface area contributed by atoms with Gasteiger partial charge in [0.05, 0.1) is 4.92 Å². The van der Waals surface area contributed by atoms with Crippen LogP contribution in [0.2, 0.25) is 0 Å². The quantitative estimate of drug-likeness (QED) is 0.581. The molecule has 2 fully saturated rings. The topological polar surface area (TPSA) is 107 Å². The van der Waals surface area contributed by atoms with Crippen molar-refractivity contribution in [3.63, 3.8) is 0 Å². The fourth-order valence-electron chi connectivity index (χ4n) is 3.91. The van der Waals surface area contributed by atoms with E-state index in [-0.39, 0.29) is 11.6 Å². The van der Waals surface area contributed by atoms with Crippen LogP contribution in [-0.2, 0) is 9.59 Å². The standard InChI is InChI=1S/C18H23N3O5/c22-17(15-3-1-2-4-16(15)18(23)24)20-11-9-19(10-12-20)13-5-7-14(8-6-13)21(25)26/h5-8,15-16H,1-4,9-12H2,(H,23,24)/p-1/t15-,16+/m1/s1. The van der Waals surface area contributed by atoms with Gasteiger partial charge in [0.1, 0.15) is 0 Å². The first-order valence-corrected chi connectivity index (χ1v) is 8.96.